The molecule has 1 unspecified atom stereocenters. The molecular weight excluding hydrogens is 260 g/mol. The van der Waals surface area contributed by atoms with Gasteiger partial charge in [0.15, 0.2) is 0 Å². The number of hydrogen-bond acceptors (Lipinski definition) is 4. The van der Waals surface area contributed by atoms with Crippen LogP contribution in [0.4, 0.5) is 0 Å². The number of hydrogen-bond donors (Lipinski definition) is 2. The van der Waals surface area contributed by atoms with Crippen LogP contribution in [0.25, 0.3) is 0 Å². The lowest BCUT2D eigenvalue weighted by Gasteiger charge is -2.12. The van der Waals surface area contributed by atoms with E-state index in [1.54, 1.807) is 10.9 Å². The van der Waals surface area contributed by atoms with Gasteiger partial charge in [0.25, 0.3) is 0 Å². The Balaban J connectivity index is 2.48. The van der Waals surface area contributed by atoms with Gasteiger partial charge in [0.1, 0.15) is 5.25 Å². The van der Waals surface area contributed by atoms with Crippen molar-refractivity contribution >= 4 is 27.2 Å². The minimum absolute atomic E-state index is 0.0348. The lowest BCUT2D eigenvalue weighted by molar-refractivity contribution is 0.558. The minimum atomic E-state index is -3.48. The summed E-state index contributed by atoms with van der Waals surface area (Å²) in [7, 11) is -3.48. The van der Waals surface area contributed by atoms with E-state index < -0.39 is 15.3 Å². The van der Waals surface area contributed by atoms with Gasteiger partial charge in [0.2, 0.25) is 10.0 Å². The Morgan fingerprint density at radius 2 is 2.35 bits per heavy atom. The largest absolute Gasteiger partial charge is 0.392 e. The van der Waals surface area contributed by atoms with E-state index in [1.165, 1.54) is 6.92 Å². The first-order chi connectivity index (χ1) is 7.83. The van der Waals surface area contributed by atoms with Crippen LogP contribution >= 0.6 is 12.2 Å². The monoisotopic (exact) mass is 276 g/mol. The third kappa shape index (κ3) is 4.06. The summed E-state index contributed by atoms with van der Waals surface area (Å²) in [6.07, 6.45) is 3.55. The van der Waals surface area contributed by atoms with Crippen molar-refractivity contribution < 1.29 is 8.42 Å². The van der Waals surface area contributed by atoms with Crippen LogP contribution in [0, 0.1) is 6.92 Å². The average Bonchev–Trinajstić information content (AvgIpc) is 2.62. The summed E-state index contributed by atoms with van der Waals surface area (Å²) < 4.78 is 27.4. The SMILES string of the molecule is Cc1cnn(CCNS(=O)(=O)C(C)C(N)=S)c1. The Morgan fingerprint density at radius 3 is 2.82 bits per heavy atom. The normalized spacial score (nSPS) is 13.5. The number of nitrogens with one attached hydrogen (secondary N) is 1. The Kier molecular flexibility index (Phi) is 4.61. The smallest absolute Gasteiger partial charge is 0.220 e. The molecule has 1 aromatic rings. The van der Waals surface area contributed by atoms with Crippen molar-refractivity contribution in [2.75, 3.05) is 6.54 Å². The van der Waals surface area contributed by atoms with Gasteiger partial charge in [-0.3, -0.25) is 4.68 Å². The second-order valence-electron chi connectivity index (χ2n) is 3.76. The molecule has 0 aliphatic heterocycles. The van der Waals surface area contributed by atoms with Gasteiger partial charge < -0.3 is 5.73 Å². The van der Waals surface area contributed by atoms with Crippen LogP contribution in [0.5, 0.6) is 0 Å². The standard InChI is InChI=1S/C9H16N4O2S2/c1-7-5-11-13(6-7)4-3-12-17(14,15)8(2)9(10)16/h5-6,8,12H,3-4H2,1-2H3,(H2,10,16). The number of aryl methyl sites for hydroxylation is 1. The fourth-order valence-electron chi connectivity index (χ4n) is 1.17. The van der Waals surface area contributed by atoms with Crippen molar-refractivity contribution in [2.45, 2.75) is 25.6 Å². The number of sulfonamides is 1. The fourth-order valence-corrected chi connectivity index (χ4v) is 2.48. The lowest BCUT2D eigenvalue weighted by Crippen LogP contribution is -2.41. The van der Waals surface area contributed by atoms with Crippen molar-refractivity contribution in [3.05, 3.63) is 18.0 Å². The van der Waals surface area contributed by atoms with E-state index in [2.05, 4.69) is 22.0 Å². The molecular formula is C9H16N4O2S2. The predicted molar refractivity (Wildman–Crippen MR) is 70.1 cm³/mol. The first-order valence-corrected chi connectivity index (χ1v) is 7.05. The summed E-state index contributed by atoms with van der Waals surface area (Å²) in [6.45, 7) is 4.11. The Labute approximate surface area is 106 Å². The highest BCUT2D eigenvalue weighted by atomic mass is 32.2. The van der Waals surface area contributed by atoms with Gasteiger partial charge in [-0.25, -0.2) is 13.1 Å². The molecule has 17 heavy (non-hydrogen) atoms. The van der Waals surface area contributed by atoms with Gasteiger partial charge in [0, 0.05) is 12.7 Å². The first-order valence-electron chi connectivity index (χ1n) is 5.10. The lowest BCUT2D eigenvalue weighted by atomic mass is 10.4. The maximum Gasteiger partial charge on any atom is 0.220 e. The fraction of sp³-hybridized carbons (Fsp3) is 0.556. The van der Waals surface area contributed by atoms with Crippen molar-refractivity contribution in [3.8, 4) is 0 Å². The zero-order valence-electron chi connectivity index (χ0n) is 9.75. The number of nitrogens with two attached hydrogens (primary N) is 1. The zero-order valence-corrected chi connectivity index (χ0v) is 11.4. The van der Waals surface area contributed by atoms with E-state index in [4.69, 9.17) is 5.73 Å². The third-order valence-electron chi connectivity index (χ3n) is 2.27. The van der Waals surface area contributed by atoms with Gasteiger partial charge in [-0.1, -0.05) is 12.2 Å². The molecule has 3 N–H and O–H groups in total. The average molecular weight is 276 g/mol. The summed E-state index contributed by atoms with van der Waals surface area (Å²) in [6, 6.07) is 0. The number of thiocarbonyl (C=S) groups is 1. The highest BCUT2D eigenvalue weighted by molar-refractivity contribution is 7.93. The molecule has 8 heteroatoms. The van der Waals surface area contributed by atoms with Gasteiger partial charge >= 0.3 is 0 Å². The molecule has 1 heterocycles. The summed E-state index contributed by atoms with van der Waals surface area (Å²) in [5, 5.41) is 3.18. The van der Waals surface area contributed by atoms with Crippen LogP contribution in [0.2, 0.25) is 0 Å². The highest BCUT2D eigenvalue weighted by Crippen LogP contribution is 1.99. The molecule has 0 bridgehead atoms. The molecule has 0 saturated heterocycles. The van der Waals surface area contributed by atoms with Crippen LogP contribution in [0.1, 0.15) is 12.5 Å². The quantitative estimate of drug-likeness (QED) is 0.701. The molecule has 6 nitrogen and oxygen atoms in total. The van der Waals surface area contributed by atoms with Gasteiger partial charge in [0.05, 0.1) is 17.7 Å². The molecule has 0 saturated carbocycles. The van der Waals surface area contributed by atoms with E-state index in [1.807, 2.05) is 13.1 Å². The zero-order chi connectivity index (χ0) is 13.1. The molecule has 0 aliphatic rings. The van der Waals surface area contributed by atoms with Gasteiger partial charge in [-0.05, 0) is 19.4 Å². The number of nitrogens with zero attached hydrogens (tertiary/aromatic N) is 2. The van der Waals surface area contributed by atoms with E-state index in [0.29, 0.717) is 6.54 Å². The maximum absolute atomic E-state index is 11.7. The number of aromatic nitrogens is 2. The maximum atomic E-state index is 11.7. The van der Waals surface area contributed by atoms with Crippen molar-refractivity contribution in [1.29, 1.82) is 0 Å². The minimum Gasteiger partial charge on any atom is -0.392 e. The van der Waals surface area contributed by atoms with Crippen LogP contribution in [0.15, 0.2) is 12.4 Å². The number of rotatable bonds is 6. The van der Waals surface area contributed by atoms with Crippen LogP contribution in [-0.2, 0) is 16.6 Å². The molecule has 0 aliphatic carbocycles. The van der Waals surface area contributed by atoms with Crippen molar-refractivity contribution in [2.24, 2.45) is 5.73 Å². The molecule has 1 rings (SSSR count). The van der Waals surface area contributed by atoms with Gasteiger partial charge in [-0.15, -0.1) is 0 Å². The molecule has 1 aromatic heterocycles. The summed E-state index contributed by atoms with van der Waals surface area (Å²) in [4.78, 5) is -0.0348. The summed E-state index contributed by atoms with van der Waals surface area (Å²) in [5.74, 6) is 0. The summed E-state index contributed by atoms with van der Waals surface area (Å²) in [5.41, 5.74) is 6.33. The van der Waals surface area contributed by atoms with E-state index in [0.717, 1.165) is 5.56 Å². The molecule has 0 amide bonds. The van der Waals surface area contributed by atoms with Crippen LogP contribution in [0.3, 0.4) is 0 Å². The molecule has 0 spiro atoms. The Morgan fingerprint density at radius 1 is 1.71 bits per heavy atom. The van der Waals surface area contributed by atoms with Crippen molar-refractivity contribution in [3.63, 3.8) is 0 Å². The topological polar surface area (TPSA) is 90.0 Å². The predicted octanol–water partition coefficient (Wildman–Crippen LogP) is -0.214. The first kappa shape index (κ1) is 14.1. The van der Waals surface area contributed by atoms with Crippen molar-refractivity contribution in [1.82, 2.24) is 14.5 Å². The molecule has 1 atom stereocenters. The van der Waals surface area contributed by atoms with E-state index in [-0.39, 0.29) is 11.5 Å². The van der Waals surface area contributed by atoms with Crippen LogP contribution < -0.4 is 10.5 Å². The second-order valence-corrected chi connectivity index (χ2v) is 6.32. The Bertz CT molecular complexity index is 495. The van der Waals surface area contributed by atoms with Crippen LogP contribution in [-0.4, -0.2) is 35.0 Å². The molecule has 0 aromatic carbocycles. The molecule has 96 valence electrons. The second kappa shape index (κ2) is 5.56. The molecule has 0 fully saturated rings. The van der Waals surface area contributed by atoms with E-state index in [9.17, 15) is 8.42 Å². The Hall–Kier alpha value is -0.990. The summed E-state index contributed by atoms with van der Waals surface area (Å²) >= 11 is 4.65. The molecule has 0 radical (unpaired) electrons. The van der Waals surface area contributed by atoms with E-state index >= 15 is 0 Å². The van der Waals surface area contributed by atoms with Gasteiger partial charge in [-0.2, -0.15) is 5.10 Å². The third-order valence-corrected chi connectivity index (χ3v) is 4.57. The highest BCUT2D eigenvalue weighted by Gasteiger charge is 2.22.